The Morgan fingerprint density at radius 1 is 1.14 bits per heavy atom. The van der Waals surface area contributed by atoms with Gasteiger partial charge in [-0.3, -0.25) is 19.7 Å². The van der Waals surface area contributed by atoms with Crippen LogP contribution in [0.1, 0.15) is 22.8 Å². The second kappa shape index (κ2) is 9.12. The second-order valence-corrected chi connectivity index (χ2v) is 5.49. The van der Waals surface area contributed by atoms with E-state index in [1.807, 2.05) is 0 Å². The van der Waals surface area contributed by atoms with Crippen molar-refractivity contribution in [1.82, 2.24) is 5.43 Å². The Balaban J connectivity index is 2.17. The number of hydrogen-bond acceptors (Lipinski definition) is 7. The molecule has 0 radical (unpaired) electrons. The lowest BCUT2D eigenvalue weighted by Gasteiger charge is -2.10. The molecule has 0 unspecified atom stereocenters. The van der Waals surface area contributed by atoms with Gasteiger partial charge in [-0.05, 0) is 24.3 Å². The van der Waals surface area contributed by atoms with E-state index in [4.69, 9.17) is 9.47 Å². The molecule has 0 aliphatic carbocycles. The zero-order valence-corrected chi connectivity index (χ0v) is 15.4. The summed E-state index contributed by atoms with van der Waals surface area (Å²) in [6.07, 6.45) is 1.22. The van der Waals surface area contributed by atoms with E-state index in [1.54, 1.807) is 12.1 Å². The fourth-order valence-electron chi connectivity index (χ4n) is 2.31. The van der Waals surface area contributed by atoms with Crippen molar-refractivity contribution in [3.63, 3.8) is 0 Å². The predicted octanol–water partition coefficient (Wildman–Crippen LogP) is 2.33. The average Bonchev–Trinajstić information content (AvgIpc) is 2.67. The standard InChI is InChI=1S/C18H18N4O6/c1-11(23)20-14-6-4-12(5-7-14)18(24)21-19-10-13-8-15(22(25)26)9-16(27-2)17(13)28-3/h4-10H,1-3H3,(H,20,23)(H,21,24). The van der Waals surface area contributed by atoms with E-state index < -0.39 is 10.8 Å². The molecule has 0 aromatic heterocycles. The van der Waals surface area contributed by atoms with E-state index in [0.717, 1.165) is 0 Å². The Morgan fingerprint density at radius 3 is 2.36 bits per heavy atom. The highest BCUT2D eigenvalue weighted by atomic mass is 16.6. The van der Waals surface area contributed by atoms with Crippen LogP contribution in [-0.2, 0) is 4.79 Å². The van der Waals surface area contributed by atoms with Crippen LogP contribution in [0.3, 0.4) is 0 Å². The van der Waals surface area contributed by atoms with Crippen molar-refractivity contribution < 1.29 is 24.0 Å². The number of anilines is 1. The number of carbonyl (C=O) groups is 2. The summed E-state index contributed by atoms with van der Waals surface area (Å²) in [7, 11) is 2.74. The van der Waals surface area contributed by atoms with Gasteiger partial charge in [-0.1, -0.05) is 0 Å². The summed E-state index contributed by atoms with van der Waals surface area (Å²) < 4.78 is 10.3. The van der Waals surface area contributed by atoms with Gasteiger partial charge in [0.15, 0.2) is 11.5 Å². The molecular weight excluding hydrogens is 368 g/mol. The van der Waals surface area contributed by atoms with Crippen LogP contribution >= 0.6 is 0 Å². The number of nitrogens with zero attached hydrogens (tertiary/aromatic N) is 2. The van der Waals surface area contributed by atoms with Crippen LogP contribution in [0, 0.1) is 10.1 Å². The van der Waals surface area contributed by atoms with Crippen molar-refractivity contribution in [1.29, 1.82) is 0 Å². The highest BCUT2D eigenvalue weighted by Gasteiger charge is 2.17. The first-order valence-corrected chi connectivity index (χ1v) is 7.97. The van der Waals surface area contributed by atoms with E-state index in [-0.39, 0.29) is 28.7 Å². The van der Waals surface area contributed by atoms with Crippen LogP contribution in [0.2, 0.25) is 0 Å². The molecule has 28 heavy (non-hydrogen) atoms. The van der Waals surface area contributed by atoms with Crippen LogP contribution in [0.4, 0.5) is 11.4 Å². The number of nitro benzene ring substituents is 1. The monoisotopic (exact) mass is 386 g/mol. The third-order valence-corrected chi connectivity index (χ3v) is 3.54. The third-order valence-electron chi connectivity index (χ3n) is 3.54. The number of methoxy groups -OCH3 is 2. The Labute approximate surface area is 160 Å². The summed E-state index contributed by atoms with van der Waals surface area (Å²) in [4.78, 5) is 33.6. The molecule has 10 heteroatoms. The van der Waals surface area contributed by atoms with Crippen LogP contribution in [0.5, 0.6) is 11.5 Å². The van der Waals surface area contributed by atoms with Gasteiger partial charge < -0.3 is 14.8 Å². The van der Waals surface area contributed by atoms with Gasteiger partial charge in [0.05, 0.1) is 31.4 Å². The molecule has 10 nitrogen and oxygen atoms in total. The maximum Gasteiger partial charge on any atom is 0.274 e. The van der Waals surface area contributed by atoms with Crippen LogP contribution < -0.4 is 20.2 Å². The number of non-ortho nitro benzene ring substituents is 1. The minimum atomic E-state index is -0.575. The fraction of sp³-hybridized carbons (Fsp3) is 0.167. The normalized spacial score (nSPS) is 10.4. The van der Waals surface area contributed by atoms with Crippen molar-refractivity contribution in [2.24, 2.45) is 5.10 Å². The van der Waals surface area contributed by atoms with Gasteiger partial charge in [0, 0.05) is 29.8 Å². The molecule has 0 aliphatic heterocycles. The number of nitro groups is 1. The second-order valence-electron chi connectivity index (χ2n) is 5.49. The lowest BCUT2D eigenvalue weighted by molar-refractivity contribution is -0.385. The Morgan fingerprint density at radius 2 is 1.82 bits per heavy atom. The minimum absolute atomic E-state index is 0.165. The molecule has 0 spiro atoms. The molecule has 2 aromatic rings. The first kappa shape index (κ1) is 20.4. The quantitative estimate of drug-likeness (QED) is 0.426. The molecule has 2 aromatic carbocycles. The zero-order valence-electron chi connectivity index (χ0n) is 15.4. The SMILES string of the molecule is COc1cc([N+](=O)[O-])cc(C=NNC(=O)c2ccc(NC(C)=O)cc2)c1OC. The Hall–Kier alpha value is -3.95. The Kier molecular flexibility index (Phi) is 6.63. The van der Waals surface area contributed by atoms with Crippen molar-refractivity contribution in [2.45, 2.75) is 6.92 Å². The van der Waals surface area contributed by atoms with Gasteiger partial charge in [0.2, 0.25) is 5.91 Å². The van der Waals surface area contributed by atoms with Gasteiger partial charge in [-0.2, -0.15) is 5.10 Å². The topological polar surface area (TPSA) is 132 Å². The Bertz CT molecular complexity index is 924. The third kappa shape index (κ3) is 5.04. The molecule has 0 saturated carbocycles. The number of carbonyl (C=O) groups excluding carboxylic acids is 2. The lowest BCUT2D eigenvalue weighted by atomic mass is 10.1. The van der Waals surface area contributed by atoms with E-state index >= 15 is 0 Å². The molecule has 0 fully saturated rings. The molecule has 2 rings (SSSR count). The van der Waals surface area contributed by atoms with Crippen molar-refractivity contribution in [2.75, 3.05) is 19.5 Å². The van der Waals surface area contributed by atoms with Crippen molar-refractivity contribution >= 4 is 29.4 Å². The first-order valence-electron chi connectivity index (χ1n) is 7.97. The number of ether oxygens (including phenoxy) is 2. The smallest absolute Gasteiger partial charge is 0.274 e. The summed E-state index contributed by atoms with van der Waals surface area (Å²) in [5, 5.41) is 17.5. The summed E-state index contributed by atoms with van der Waals surface area (Å²) >= 11 is 0. The number of rotatable bonds is 7. The van der Waals surface area contributed by atoms with Gasteiger partial charge in [-0.15, -0.1) is 0 Å². The highest BCUT2D eigenvalue weighted by molar-refractivity contribution is 5.96. The van der Waals surface area contributed by atoms with Gasteiger partial charge in [0.1, 0.15) is 0 Å². The number of hydrazone groups is 1. The summed E-state index contributed by atoms with van der Waals surface area (Å²) in [6.45, 7) is 1.38. The van der Waals surface area contributed by atoms with Gasteiger partial charge in [0.25, 0.3) is 11.6 Å². The van der Waals surface area contributed by atoms with Crippen molar-refractivity contribution in [3.8, 4) is 11.5 Å². The van der Waals surface area contributed by atoms with E-state index in [9.17, 15) is 19.7 Å². The largest absolute Gasteiger partial charge is 0.493 e. The van der Waals surface area contributed by atoms with E-state index in [1.165, 1.54) is 51.6 Å². The van der Waals surface area contributed by atoms with E-state index in [0.29, 0.717) is 11.3 Å². The predicted molar refractivity (Wildman–Crippen MR) is 102 cm³/mol. The van der Waals surface area contributed by atoms with Gasteiger partial charge in [-0.25, -0.2) is 5.43 Å². The van der Waals surface area contributed by atoms with Crippen LogP contribution in [-0.4, -0.2) is 37.2 Å². The lowest BCUT2D eigenvalue weighted by Crippen LogP contribution is -2.17. The number of amides is 2. The molecule has 0 aliphatic rings. The molecule has 0 saturated heterocycles. The van der Waals surface area contributed by atoms with Crippen molar-refractivity contribution in [3.05, 3.63) is 57.6 Å². The molecule has 0 heterocycles. The molecule has 2 N–H and O–H groups in total. The molecule has 146 valence electrons. The number of nitrogens with one attached hydrogen (secondary N) is 2. The average molecular weight is 386 g/mol. The van der Waals surface area contributed by atoms with Crippen LogP contribution in [0.15, 0.2) is 41.5 Å². The summed E-state index contributed by atoms with van der Waals surface area (Å²) in [5.74, 6) is -0.311. The fourth-order valence-corrected chi connectivity index (χ4v) is 2.31. The summed E-state index contributed by atoms with van der Waals surface area (Å²) in [5.41, 5.74) is 3.24. The number of benzene rings is 2. The van der Waals surface area contributed by atoms with E-state index in [2.05, 4.69) is 15.8 Å². The maximum atomic E-state index is 12.1. The van der Waals surface area contributed by atoms with Gasteiger partial charge >= 0.3 is 0 Å². The summed E-state index contributed by atoms with van der Waals surface area (Å²) in [6, 6.07) is 8.67. The zero-order chi connectivity index (χ0) is 20.7. The number of hydrogen-bond donors (Lipinski definition) is 2. The highest BCUT2D eigenvalue weighted by Crippen LogP contribution is 2.34. The molecule has 0 atom stereocenters. The first-order chi connectivity index (χ1) is 13.3. The molecule has 0 bridgehead atoms. The van der Waals surface area contributed by atoms with Crippen LogP contribution in [0.25, 0.3) is 0 Å². The molecule has 2 amide bonds. The molecular formula is C18H18N4O6. The minimum Gasteiger partial charge on any atom is -0.493 e. The maximum absolute atomic E-state index is 12.1.